The van der Waals surface area contributed by atoms with Crippen LogP contribution in [0.3, 0.4) is 0 Å². The second-order valence-corrected chi connectivity index (χ2v) is 9.03. The summed E-state index contributed by atoms with van der Waals surface area (Å²) >= 11 is 0. The van der Waals surface area contributed by atoms with Crippen molar-refractivity contribution in [2.75, 3.05) is 31.6 Å². The van der Waals surface area contributed by atoms with E-state index in [4.69, 9.17) is 9.15 Å². The Hall–Kier alpha value is -3.41. The highest BCUT2D eigenvalue weighted by molar-refractivity contribution is 6.09. The normalized spacial score (nSPS) is 15.5. The van der Waals surface area contributed by atoms with Crippen LogP contribution in [0.5, 0.6) is 0 Å². The zero-order valence-corrected chi connectivity index (χ0v) is 19.7. The van der Waals surface area contributed by atoms with Crippen molar-refractivity contribution >= 4 is 22.6 Å². The van der Waals surface area contributed by atoms with Crippen LogP contribution < -0.4 is 5.32 Å². The van der Waals surface area contributed by atoms with E-state index in [1.54, 1.807) is 0 Å². The molecular formula is C29H30N2O3. The van der Waals surface area contributed by atoms with Crippen molar-refractivity contribution in [2.24, 2.45) is 0 Å². The second-order valence-electron chi connectivity index (χ2n) is 9.03. The van der Waals surface area contributed by atoms with Crippen molar-refractivity contribution in [1.29, 1.82) is 0 Å². The standard InChI is InChI=1S/C29H30N2O3/c1-20(2)21-12-14-22(15-13-21)27(31-16-18-33-19-17-31)28-26(24-10-6-7-11-25(24)34-28)30-29(32)23-8-4-3-5-9-23/h3-15,20,27H,16-19H2,1-2H3,(H,30,32)/t27-/m0/s1. The average molecular weight is 455 g/mol. The third kappa shape index (κ3) is 4.49. The Labute approximate surface area is 200 Å². The topological polar surface area (TPSA) is 54.7 Å². The van der Waals surface area contributed by atoms with Crippen LogP contribution in [-0.2, 0) is 4.74 Å². The van der Waals surface area contributed by atoms with Crippen molar-refractivity contribution in [3.8, 4) is 0 Å². The number of hydrogen-bond donors (Lipinski definition) is 1. The third-order valence-electron chi connectivity index (χ3n) is 6.48. The summed E-state index contributed by atoms with van der Waals surface area (Å²) in [7, 11) is 0. The number of carbonyl (C=O) groups is 1. The van der Waals surface area contributed by atoms with Gasteiger partial charge < -0.3 is 14.5 Å². The van der Waals surface area contributed by atoms with Crippen molar-refractivity contribution < 1.29 is 13.9 Å². The van der Waals surface area contributed by atoms with Gasteiger partial charge in [0.2, 0.25) is 0 Å². The van der Waals surface area contributed by atoms with Crippen molar-refractivity contribution in [3.63, 3.8) is 0 Å². The molecule has 1 N–H and O–H groups in total. The first-order valence-corrected chi connectivity index (χ1v) is 11.9. The summed E-state index contributed by atoms with van der Waals surface area (Å²) in [6, 6.07) is 25.8. The Bertz CT molecular complexity index is 1260. The Morgan fingerprint density at radius 3 is 2.21 bits per heavy atom. The highest BCUT2D eigenvalue weighted by Crippen LogP contribution is 2.41. The summed E-state index contributed by atoms with van der Waals surface area (Å²) in [5.74, 6) is 1.07. The van der Waals surface area contributed by atoms with Crippen molar-refractivity contribution in [1.82, 2.24) is 4.90 Å². The first-order valence-electron chi connectivity index (χ1n) is 11.9. The maximum Gasteiger partial charge on any atom is 0.255 e. The molecule has 5 nitrogen and oxygen atoms in total. The van der Waals surface area contributed by atoms with Gasteiger partial charge in [-0.3, -0.25) is 9.69 Å². The quantitative estimate of drug-likeness (QED) is 0.375. The second kappa shape index (κ2) is 9.84. The molecule has 1 fully saturated rings. The predicted octanol–water partition coefficient (Wildman–Crippen LogP) is 6.23. The molecule has 0 radical (unpaired) electrons. The lowest BCUT2D eigenvalue weighted by atomic mass is 9.96. The Morgan fingerprint density at radius 1 is 0.853 bits per heavy atom. The number of amides is 1. The lowest BCUT2D eigenvalue weighted by Crippen LogP contribution is -2.39. The van der Waals surface area contributed by atoms with Crippen LogP contribution >= 0.6 is 0 Å². The number of benzene rings is 3. The summed E-state index contributed by atoms with van der Waals surface area (Å²) in [5, 5.41) is 4.08. The molecule has 0 aliphatic carbocycles. The fourth-order valence-electron chi connectivity index (χ4n) is 4.59. The number of furan rings is 1. The molecule has 4 aromatic rings. The molecule has 1 aliphatic rings. The highest BCUT2D eigenvalue weighted by atomic mass is 16.5. The van der Waals surface area contributed by atoms with E-state index < -0.39 is 0 Å². The number of ether oxygens (including phenoxy) is 1. The van der Waals surface area contributed by atoms with E-state index in [1.807, 2.05) is 54.6 Å². The molecule has 0 saturated carbocycles. The number of rotatable bonds is 6. The van der Waals surface area contributed by atoms with E-state index in [9.17, 15) is 4.79 Å². The zero-order valence-electron chi connectivity index (χ0n) is 19.7. The third-order valence-corrected chi connectivity index (χ3v) is 6.48. The number of carbonyl (C=O) groups excluding carboxylic acids is 1. The Kier molecular flexibility index (Phi) is 6.48. The lowest BCUT2D eigenvalue weighted by Gasteiger charge is -2.34. The van der Waals surface area contributed by atoms with Gasteiger partial charge in [-0.15, -0.1) is 0 Å². The number of morpholine rings is 1. The molecule has 1 atom stereocenters. The summed E-state index contributed by atoms with van der Waals surface area (Å²) in [6.45, 7) is 7.33. The molecule has 1 aliphatic heterocycles. The van der Waals surface area contributed by atoms with Crippen LogP contribution in [-0.4, -0.2) is 37.1 Å². The monoisotopic (exact) mass is 454 g/mol. The van der Waals surface area contributed by atoms with Crippen LogP contribution in [0.4, 0.5) is 5.69 Å². The number of hydrogen-bond acceptors (Lipinski definition) is 4. The number of nitrogens with one attached hydrogen (secondary N) is 1. The molecular weight excluding hydrogens is 424 g/mol. The van der Waals surface area contributed by atoms with Crippen LogP contribution in [0.25, 0.3) is 11.0 Å². The molecule has 0 spiro atoms. The summed E-state index contributed by atoms with van der Waals surface area (Å²) in [4.78, 5) is 15.6. The summed E-state index contributed by atoms with van der Waals surface area (Å²) in [6.07, 6.45) is 0. The van der Waals surface area contributed by atoms with E-state index in [2.05, 4.69) is 48.3 Å². The van der Waals surface area contributed by atoms with Gasteiger partial charge >= 0.3 is 0 Å². The van der Waals surface area contributed by atoms with Crippen molar-refractivity contribution in [2.45, 2.75) is 25.8 Å². The minimum absolute atomic E-state index is 0.136. The van der Waals surface area contributed by atoms with Gasteiger partial charge in [0.15, 0.2) is 0 Å². The van der Waals surface area contributed by atoms with Crippen LogP contribution in [0, 0.1) is 0 Å². The van der Waals surface area contributed by atoms with Crippen LogP contribution in [0.2, 0.25) is 0 Å². The van der Waals surface area contributed by atoms with Gasteiger partial charge in [-0.25, -0.2) is 0 Å². The van der Waals surface area contributed by atoms with Gasteiger partial charge in [0.1, 0.15) is 11.3 Å². The summed E-state index contributed by atoms with van der Waals surface area (Å²) < 4.78 is 12.1. The fourth-order valence-corrected chi connectivity index (χ4v) is 4.59. The molecule has 174 valence electrons. The fraction of sp³-hybridized carbons (Fsp3) is 0.276. The highest BCUT2D eigenvalue weighted by Gasteiger charge is 2.31. The van der Waals surface area contributed by atoms with Gasteiger partial charge in [-0.05, 0) is 41.3 Å². The molecule has 3 aromatic carbocycles. The molecule has 1 amide bonds. The van der Waals surface area contributed by atoms with Crippen LogP contribution in [0.15, 0.2) is 83.3 Å². The molecule has 1 aromatic heterocycles. The smallest absolute Gasteiger partial charge is 0.255 e. The van der Waals surface area contributed by atoms with Gasteiger partial charge in [0.05, 0.1) is 24.9 Å². The predicted molar refractivity (Wildman–Crippen MR) is 135 cm³/mol. The van der Waals surface area contributed by atoms with E-state index in [-0.39, 0.29) is 11.9 Å². The van der Waals surface area contributed by atoms with Gasteiger partial charge in [0, 0.05) is 24.0 Å². The largest absolute Gasteiger partial charge is 0.457 e. The molecule has 0 bridgehead atoms. The number of anilines is 1. The first-order chi connectivity index (χ1) is 16.6. The number of nitrogens with zero attached hydrogens (tertiary/aromatic N) is 1. The van der Waals surface area contributed by atoms with E-state index in [1.165, 1.54) is 5.56 Å². The minimum atomic E-state index is -0.149. The molecule has 1 saturated heterocycles. The van der Waals surface area contributed by atoms with E-state index in [0.717, 1.165) is 41.1 Å². The molecule has 2 heterocycles. The maximum absolute atomic E-state index is 13.2. The number of para-hydroxylation sites is 1. The zero-order chi connectivity index (χ0) is 23.5. The van der Waals surface area contributed by atoms with Crippen molar-refractivity contribution in [3.05, 3.63) is 101 Å². The van der Waals surface area contributed by atoms with Crippen LogP contribution in [0.1, 0.15) is 53.1 Å². The van der Waals surface area contributed by atoms with Gasteiger partial charge in [0.25, 0.3) is 5.91 Å². The van der Waals surface area contributed by atoms with Gasteiger partial charge in [-0.2, -0.15) is 0 Å². The average Bonchev–Trinajstić information content (AvgIpc) is 3.23. The van der Waals surface area contributed by atoms with Gasteiger partial charge in [-0.1, -0.05) is 68.4 Å². The van der Waals surface area contributed by atoms with E-state index in [0.29, 0.717) is 24.7 Å². The molecule has 0 unspecified atom stereocenters. The molecule has 5 heteroatoms. The first kappa shape index (κ1) is 22.4. The lowest BCUT2D eigenvalue weighted by molar-refractivity contribution is 0.0206. The molecule has 34 heavy (non-hydrogen) atoms. The Balaban J connectivity index is 1.62. The molecule has 5 rings (SSSR count). The minimum Gasteiger partial charge on any atom is -0.457 e. The maximum atomic E-state index is 13.2. The van der Waals surface area contributed by atoms with E-state index >= 15 is 0 Å². The SMILES string of the molecule is CC(C)c1ccc([C@@H](c2oc3ccccc3c2NC(=O)c2ccccc2)N2CCOCC2)cc1. The number of fused-ring (bicyclic) bond motifs is 1. The summed E-state index contributed by atoms with van der Waals surface area (Å²) in [5.41, 5.74) is 4.54. The Morgan fingerprint density at radius 2 is 1.50 bits per heavy atom.